The number of fused-ring (bicyclic) bond motifs is 1. The number of aromatic nitrogens is 3. The summed E-state index contributed by atoms with van der Waals surface area (Å²) in [5, 5.41) is 8.34. The van der Waals surface area contributed by atoms with Crippen LogP contribution in [0.3, 0.4) is 0 Å². The molecule has 0 fully saturated rings. The maximum atomic E-state index is 12.1. The van der Waals surface area contributed by atoms with Crippen molar-refractivity contribution in [1.82, 2.24) is 14.8 Å². The second-order valence-corrected chi connectivity index (χ2v) is 6.76. The Morgan fingerprint density at radius 3 is 2.91 bits per heavy atom. The molecule has 0 saturated heterocycles. The number of carbonyl (C=O) groups excluding carboxylic acids is 1. The summed E-state index contributed by atoms with van der Waals surface area (Å²) in [6, 6.07) is 7.96. The highest BCUT2D eigenvalue weighted by Gasteiger charge is 2.09. The van der Waals surface area contributed by atoms with E-state index in [1.54, 1.807) is 11.3 Å². The van der Waals surface area contributed by atoms with E-state index in [-0.39, 0.29) is 12.3 Å². The number of rotatable bonds is 4. The first kappa shape index (κ1) is 14.7. The number of hydrogen-bond acceptors (Lipinski definition) is 4. The predicted molar refractivity (Wildman–Crippen MR) is 89.3 cm³/mol. The Labute approximate surface area is 133 Å². The first-order valence-corrected chi connectivity index (χ1v) is 8.04. The van der Waals surface area contributed by atoms with Crippen LogP contribution in [0.4, 0.5) is 5.69 Å². The number of nitrogens with zero attached hydrogens (tertiary/aromatic N) is 3. The average molecular weight is 314 g/mol. The van der Waals surface area contributed by atoms with Gasteiger partial charge in [0, 0.05) is 17.9 Å². The molecular weight excluding hydrogens is 296 g/mol. The van der Waals surface area contributed by atoms with Gasteiger partial charge in [0.1, 0.15) is 0 Å². The summed E-state index contributed by atoms with van der Waals surface area (Å²) < 4.78 is 2.94. The van der Waals surface area contributed by atoms with Crippen LogP contribution in [-0.4, -0.2) is 20.7 Å². The van der Waals surface area contributed by atoms with Crippen molar-refractivity contribution in [2.45, 2.75) is 33.2 Å². The van der Waals surface area contributed by atoms with Gasteiger partial charge in [0.15, 0.2) is 0 Å². The molecular formula is C16H18N4OS. The van der Waals surface area contributed by atoms with E-state index in [1.807, 2.05) is 42.1 Å². The lowest BCUT2D eigenvalue weighted by Crippen LogP contribution is -2.15. The third kappa shape index (κ3) is 3.17. The molecule has 1 N–H and O–H groups in total. The maximum absolute atomic E-state index is 12.1. The zero-order valence-electron chi connectivity index (χ0n) is 12.8. The van der Waals surface area contributed by atoms with Crippen molar-refractivity contribution in [2.24, 2.45) is 0 Å². The Hall–Kier alpha value is -2.21. The molecule has 0 unspecified atom stereocenters. The largest absolute Gasteiger partial charge is 0.326 e. The van der Waals surface area contributed by atoms with Gasteiger partial charge in [-0.2, -0.15) is 5.10 Å². The van der Waals surface area contributed by atoms with Gasteiger partial charge in [-0.05, 0) is 45.0 Å². The number of hydrogen-bond donors (Lipinski definition) is 1. The molecule has 0 saturated carbocycles. The highest BCUT2D eigenvalue weighted by molar-refractivity contribution is 7.18. The summed E-state index contributed by atoms with van der Waals surface area (Å²) in [4.78, 5) is 16.5. The van der Waals surface area contributed by atoms with Gasteiger partial charge >= 0.3 is 0 Å². The van der Waals surface area contributed by atoms with Gasteiger partial charge in [0.2, 0.25) is 5.91 Å². The minimum atomic E-state index is -0.0606. The third-order valence-corrected chi connectivity index (χ3v) is 4.25. The van der Waals surface area contributed by atoms with Gasteiger partial charge < -0.3 is 5.32 Å². The Morgan fingerprint density at radius 2 is 2.18 bits per heavy atom. The third-order valence-electron chi connectivity index (χ3n) is 3.31. The quantitative estimate of drug-likeness (QED) is 0.801. The zero-order valence-corrected chi connectivity index (χ0v) is 13.6. The fraction of sp³-hybridized carbons (Fsp3) is 0.312. The minimum Gasteiger partial charge on any atom is -0.326 e. The van der Waals surface area contributed by atoms with E-state index < -0.39 is 0 Å². The van der Waals surface area contributed by atoms with E-state index >= 15 is 0 Å². The van der Waals surface area contributed by atoms with Crippen molar-refractivity contribution in [1.29, 1.82) is 0 Å². The fourth-order valence-corrected chi connectivity index (χ4v) is 3.11. The van der Waals surface area contributed by atoms with Gasteiger partial charge in [-0.1, -0.05) is 0 Å². The molecule has 6 heteroatoms. The van der Waals surface area contributed by atoms with Crippen LogP contribution in [0.1, 0.15) is 30.6 Å². The van der Waals surface area contributed by atoms with Gasteiger partial charge in [0.05, 0.1) is 27.3 Å². The summed E-state index contributed by atoms with van der Waals surface area (Å²) in [6.07, 6.45) is 2.18. The van der Waals surface area contributed by atoms with E-state index in [9.17, 15) is 4.79 Å². The van der Waals surface area contributed by atoms with Gasteiger partial charge in [-0.3, -0.25) is 9.48 Å². The van der Waals surface area contributed by atoms with E-state index in [0.717, 1.165) is 26.6 Å². The van der Waals surface area contributed by atoms with E-state index in [2.05, 4.69) is 29.2 Å². The smallest absolute Gasteiger partial charge is 0.230 e. The fourth-order valence-electron chi connectivity index (χ4n) is 2.25. The molecule has 0 spiro atoms. The summed E-state index contributed by atoms with van der Waals surface area (Å²) in [7, 11) is 0. The lowest BCUT2D eigenvalue weighted by atomic mass is 10.2. The topological polar surface area (TPSA) is 59.8 Å². The molecule has 114 valence electrons. The second-order valence-electron chi connectivity index (χ2n) is 5.52. The SMILES string of the molecule is Cc1nc2ccc(NC(=O)Cc3ccn(C(C)C)n3)cc2s1. The second kappa shape index (κ2) is 5.88. The molecule has 5 nitrogen and oxygen atoms in total. The Bertz CT molecular complexity index is 819. The van der Waals surface area contributed by atoms with Crippen molar-refractivity contribution in [3.05, 3.63) is 41.2 Å². The van der Waals surface area contributed by atoms with E-state index in [1.165, 1.54) is 0 Å². The van der Waals surface area contributed by atoms with Crippen LogP contribution in [0, 0.1) is 6.92 Å². The van der Waals surface area contributed by atoms with Crippen LogP contribution in [0.5, 0.6) is 0 Å². The van der Waals surface area contributed by atoms with Crippen LogP contribution < -0.4 is 5.32 Å². The summed E-state index contributed by atoms with van der Waals surface area (Å²) in [5.41, 5.74) is 2.54. The number of anilines is 1. The number of amides is 1. The predicted octanol–water partition coefficient (Wildman–Crippen LogP) is 3.56. The van der Waals surface area contributed by atoms with Gasteiger partial charge in [0.25, 0.3) is 0 Å². The van der Waals surface area contributed by atoms with Crippen molar-refractivity contribution >= 4 is 33.1 Å². The molecule has 0 atom stereocenters. The molecule has 0 aliphatic rings. The summed E-state index contributed by atoms with van der Waals surface area (Å²) in [5.74, 6) is -0.0606. The van der Waals surface area contributed by atoms with Crippen LogP contribution in [0.25, 0.3) is 10.2 Å². The molecule has 0 aliphatic carbocycles. The standard InChI is InChI=1S/C16H18N4OS/c1-10(2)20-7-6-13(19-20)9-16(21)18-12-4-5-14-15(8-12)22-11(3)17-14/h4-8,10H,9H2,1-3H3,(H,18,21). The highest BCUT2D eigenvalue weighted by atomic mass is 32.1. The minimum absolute atomic E-state index is 0.0606. The Balaban J connectivity index is 1.69. The molecule has 1 aromatic carbocycles. The molecule has 2 heterocycles. The Kier molecular flexibility index (Phi) is 3.94. The Morgan fingerprint density at radius 1 is 1.36 bits per heavy atom. The normalized spacial score (nSPS) is 11.3. The zero-order chi connectivity index (χ0) is 15.7. The van der Waals surface area contributed by atoms with Gasteiger partial charge in [-0.15, -0.1) is 11.3 Å². The monoisotopic (exact) mass is 314 g/mol. The number of benzene rings is 1. The highest BCUT2D eigenvalue weighted by Crippen LogP contribution is 2.24. The number of carbonyl (C=O) groups is 1. The lowest BCUT2D eigenvalue weighted by Gasteiger charge is -2.05. The number of aryl methyl sites for hydroxylation is 1. The average Bonchev–Trinajstić information content (AvgIpc) is 3.03. The molecule has 3 rings (SSSR count). The maximum Gasteiger partial charge on any atom is 0.230 e. The lowest BCUT2D eigenvalue weighted by molar-refractivity contribution is -0.115. The van der Waals surface area contributed by atoms with Crippen LogP contribution in [-0.2, 0) is 11.2 Å². The van der Waals surface area contributed by atoms with Gasteiger partial charge in [-0.25, -0.2) is 4.98 Å². The van der Waals surface area contributed by atoms with Crippen LogP contribution >= 0.6 is 11.3 Å². The van der Waals surface area contributed by atoms with Crippen molar-refractivity contribution in [2.75, 3.05) is 5.32 Å². The van der Waals surface area contributed by atoms with E-state index in [4.69, 9.17) is 0 Å². The van der Waals surface area contributed by atoms with E-state index in [0.29, 0.717) is 6.04 Å². The molecule has 2 aromatic heterocycles. The van der Waals surface area contributed by atoms with Crippen molar-refractivity contribution < 1.29 is 4.79 Å². The van der Waals surface area contributed by atoms with Crippen LogP contribution in [0.2, 0.25) is 0 Å². The van der Waals surface area contributed by atoms with Crippen molar-refractivity contribution in [3.63, 3.8) is 0 Å². The molecule has 3 aromatic rings. The number of nitrogens with one attached hydrogen (secondary N) is 1. The summed E-state index contributed by atoms with van der Waals surface area (Å²) >= 11 is 1.63. The number of thiazole rings is 1. The molecule has 22 heavy (non-hydrogen) atoms. The molecule has 1 amide bonds. The first-order valence-electron chi connectivity index (χ1n) is 7.22. The van der Waals surface area contributed by atoms with Crippen molar-refractivity contribution in [3.8, 4) is 0 Å². The molecule has 0 bridgehead atoms. The van der Waals surface area contributed by atoms with Crippen LogP contribution in [0.15, 0.2) is 30.5 Å². The molecule has 0 radical (unpaired) electrons. The summed E-state index contributed by atoms with van der Waals surface area (Å²) in [6.45, 7) is 6.10. The first-order chi connectivity index (χ1) is 10.5. The molecule has 0 aliphatic heterocycles.